The molecule has 0 aromatic heterocycles. The summed E-state index contributed by atoms with van der Waals surface area (Å²) < 4.78 is 1.17. The second-order valence-electron chi connectivity index (χ2n) is 6.63. The molecule has 18 heavy (non-hydrogen) atoms. The lowest BCUT2D eigenvalue weighted by atomic mass is 9.79. The third kappa shape index (κ3) is 4.15. The van der Waals surface area contributed by atoms with Crippen molar-refractivity contribution in [2.45, 2.75) is 58.3 Å². The first-order valence-corrected chi connectivity index (χ1v) is 7.29. The van der Waals surface area contributed by atoms with Gasteiger partial charge in [0.2, 0.25) is 0 Å². The molecule has 1 aromatic carbocycles. The van der Waals surface area contributed by atoms with Gasteiger partial charge in [-0.1, -0.05) is 63.5 Å². The number of alkyl halides is 1. The Hall–Kier alpha value is 0.280. The molecular formula is C15H23BrCl2. The quantitative estimate of drug-likeness (QED) is 0.527. The molecule has 0 aliphatic rings. The molecule has 0 heterocycles. The lowest BCUT2D eigenvalue weighted by molar-refractivity contribution is 0.569. The molecule has 1 rings (SSSR count). The summed E-state index contributed by atoms with van der Waals surface area (Å²) in [5, 5.41) is 0. The predicted molar refractivity (Wildman–Crippen MR) is 88.3 cm³/mol. The monoisotopic (exact) mass is 352 g/mol. The van der Waals surface area contributed by atoms with Crippen molar-refractivity contribution in [3.63, 3.8) is 0 Å². The van der Waals surface area contributed by atoms with Crippen molar-refractivity contribution in [2.75, 3.05) is 0 Å². The number of halogens is 3. The molecule has 0 fully saturated rings. The van der Waals surface area contributed by atoms with E-state index in [1.807, 2.05) is 0 Å². The van der Waals surface area contributed by atoms with Crippen LogP contribution in [0.3, 0.4) is 0 Å². The number of rotatable bonds is 1. The lowest BCUT2D eigenvalue weighted by Crippen LogP contribution is -2.18. The minimum Gasteiger partial charge on any atom is -0.147 e. The maximum absolute atomic E-state index is 6.11. The molecule has 0 nitrogen and oxygen atoms in total. The summed E-state index contributed by atoms with van der Waals surface area (Å²) in [6.45, 7) is 13.3. The highest BCUT2D eigenvalue weighted by atomic mass is 79.9. The average Bonchev–Trinajstić information content (AvgIpc) is 2.12. The van der Waals surface area contributed by atoms with Crippen LogP contribution in [0.5, 0.6) is 0 Å². The van der Waals surface area contributed by atoms with Gasteiger partial charge >= 0.3 is 0 Å². The summed E-state index contributed by atoms with van der Waals surface area (Å²) in [6.07, 6.45) is 0. The Balaban J connectivity index is 0.00000289. The molecule has 0 saturated heterocycles. The standard InChI is InChI=1S/C15H22BrCl.ClH/c1-14(2,3)11-7-10(9-17)13(12(16)8-11)15(4,5)6;/h7-8H,9H2,1-6H3;1H. The Morgan fingerprint density at radius 2 is 1.50 bits per heavy atom. The first-order chi connectivity index (χ1) is 7.57. The van der Waals surface area contributed by atoms with Crippen LogP contribution in [0.4, 0.5) is 0 Å². The van der Waals surface area contributed by atoms with Crippen molar-refractivity contribution in [2.24, 2.45) is 0 Å². The molecule has 1 aromatic rings. The first kappa shape index (κ1) is 18.3. The molecule has 0 amide bonds. The van der Waals surface area contributed by atoms with Gasteiger partial charge in [-0.2, -0.15) is 0 Å². The van der Waals surface area contributed by atoms with E-state index in [9.17, 15) is 0 Å². The van der Waals surface area contributed by atoms with Crippen LogP contribution in [0.15, 0.2) is 16.6 Å². The second kappa shape index (κ2) is 6.15. The van der Waals surface area contributed by atoms with E-state index in [0.717, 1.165) is 0 Å². The Bertz CT molecular complexity index is 412. The predicted octanol–water partition coefficient (Wildman–Crippen LogP) is 6.20. The smallest absolute Gasteiger partial charge is 0.0477 e. The van der Waals surface area contributed by atoms with E-state index in [1.54, 1.807) is 0 Å². The van der Waals surface area contributed by atoms with Gasteiger partial charge in [0, 0.05) is 10.4 Å². The molecule has 0 aliphatic carbocycles. The maximum Gasteiger partial charge on any atom is 0.0477 e. The van der Waals surface area contributed by atoms with Gasteiger partial charge < -0.3 is 0 Å². The maximum atomic E-state index is 6.11. The molecule has 0 aliphatic heterocycles. The third-order valence-electron chi connectivity index (χ3n) is 2.93. The average molecular weight is 354 g/mol. The highest BCUT2D eigenvalue weighted by Crippen LogP contribution is 2.37. The zero-order valence-electron chi connectivity index (χ0n) is 12.0. The van der Waals surface area contributed by atoms with Gasteiger partial charge in [-0.25, -0.2) is 0 Å². The second-order valence-corrected chi connectivity index (χ2v) is 7.75. The van der Waals surface area contributed by atoms with Crippen LogP contribution in [-0.4, -0.2) is 0 Å². The molecule has 0 spiro atoms. The molecule has 104 valence electrons. The normalized spacial score (nSPS) is 12.2. The van der Waals surface area contributed by atoms with Crippen molar-refractivity contribution >= 4 is 39.9 Å². The Labute approximate surface area is 131 Å². The summed E-state index contributed by atoms with van der Waals surface area (Å²) in [6, 6.07) is 4.48. The van der Waals surface area contributed by atoms with E-state index >= 15 is 0 Å². The molecule has 0 atom stereocenters. The fourth-order valence-electron chi connectivity index (χ4n) is 2.04. The lowest BCUT2D eigenvalue weighted by Gasteiger charge is -2.28. The Kier molecular flexibility index (Phi) is 6.25. The van der Waals surface area contributed by atoms with Gasteiger partial charge in [-0.05, 0) is 33.6 Å². The van der Waals surface area contributed by atoms with Crippen molar-refractivity contribution < 1.29 is 0 Å². The topological polar surface area (TPSA) is 0 Å². The van der Waals surface area contributed by atoms with Crippen LogP contribution < -0.4 is 0 Å². The highest BCUT2D eigenvalue weighted by Gasteiger charge is 2.24. The van der Waals surface area contributed by atoms with Gasteiger partial charge in [0.1, 0.15) is 0 Å². The van der Waals surface area contributed by atoms with E-state index in [4.69, 9.17) is 11.6 Å². The Morgan fingerprint density at radius 1 is 1.00 bits per heavy atom. The first-order valence-electron chi connectivity index (χ1n) is 5.96. The van der Waals surface area contributed by atoms with Crippen molar-refractivity contribution in [3.05, 3.63) is 33.3 Å². The minimum absolute atomic E-state index is 0. The van der Waals surface area contributed by atoms with Crippen LogP contribution in [0.2, 0.25) is 0 Å². The van der Waals surface area contributed by atoms with Crippen LogP contribution in [0.25, 0.3) is 0 Å². The van der Waals surface area contributed by atoms with Crippen LogP contribution in [-0.2, 0) is 16.7 Å². The largest absolute Gasteiger partial charge is 0.147 e. The highest BCUT2D eigenvalue weighted by molar-refractivity contribution is 9.10. The van der Waals surface area contributed by atoms with E-state index in [1.165, 1.54) is 21.2 Å². The fourth-order valence-corrected chi connectivity index (χ4v) is 3.35. The molecule has 0 saturated carbocycles. The van der Waals surface area contributed by atoms with Gasteiger partial charge in [-0.15, -0.1) is 24.0 Å². The van der Waals surface area contributed by atoms with E-state index in [2.05, 4.69) is 69.6 Å². The number of hydrogen-bond donors (Lipinski definition) is 0. The molecule has 0 bridgehead atoms. The van der Waals surface area contributed by atoms with Crippen molar-refractivity contribution in [3.8, 4) is 0 Å². The molecule has 0 N–H and O–H groups in total. The Morgan fingerprint density at radius 3 is 1.83 bits per heavy atom. The number of benzene rings is 1. The van der Waals surface area contributed by atoms with E-state index in [-0.39, 0.29) is 23.2 Å². The summed E-state index contributed by atoms with van der Waals surface area (Å²) in [7, 11) is 0. The summed E-state index contributed by atoms with van der Waals surface area (Å²) in [4.78, 5) is 0. The van der Waals surface area contributed by atoms with Crippen molar-refractivity contribution in [1.82, 2.24) is 0 Å². The van der Waals surface area contributed by atoms with E-state index < -0.39 is 0 Å². The van der Waals surface area contributed by atoms with Crippen LogP contribution in [0, 0.1) is 0 Å². The van der Waals surface area contributed by atoms with Crippen LogP contribution in [0.1, 0.15) is 58.2 Å². The molecule has 3 heteroatoms. The molecule has 0 radical (unpaired) electrons. The zero-order chi connectivity index (χ0) is 13.4. The van der Waals surface area contributed by atoms with Gasteiger partial charge in [0.05, 0.1) is 0 Å². The van der Waals surface area contributed by atoms with Crippen LogP contribution >= 0.6 is 39.9 Å². The molecule has 0 unspecified atom stereocenters. The number of hydrogen-bond acceptors (Lipinski definition) is 0. The van der Waals surface area contributed by atoms with Gasteiger partial charge in [0.15, 0.2) is 0 Å². The SMILES string of the molecule is CC(C)(C)c1cc(Br)c(C(C)(C)C)c(CCl)c1.Cl. The van der Waals surface area contributed by atoms with Gasteiger partial charge in [0.25, 0.3) is 0 Å². The zero-order valence-corrected chi connectivity index (χ0v) is 15.2. The molecular weight excluding hydrogens is 331 g/mol. The summed E-state index contributed by atoms with van der Waals surface area (Å²) in [5.74, 6) is 0.565. The van der Waals surface area contributed by atoms with Crippen molar-refractivity contribution in [1.29, 1.82) is 0 Å². The fraction of sp³-hybridized carbons (Fsp3) is 0.600. The summed E-state index contributed by atoms with van der Waals surface area (Å²) >= 11 is 9.82. The van der Waals surface area contributed by atoms with E-state index in [0.29, 0.717) is 5.88 Å². The van der Waals surface area contributed by atoms with Gasteiger partial charge in [-0.3, -0.25) is 0 Å². The summed E-state index contributed by atoms with van der Waals surface area (Å²) in [5.41, 5.74) is 4.14. The minimum atomic E-state index is 0. The third-order valence-corrected chi connectivity index (χ3v) is 3.85.